The van der Waals surface area contributed by atoms with Crippen molar-refractivity contribution in [1.82, 2.24) is 9.55 Å². The van der Waals surface area contributed by atoms with Crippen LogP contribution in [0.2, 0.25) is 0 Å². The number of aliphatic carboxylic acids is 1. The Balaban J connectivity index is 2.26. The highest BCUT2D eigenvalue weighted by Crippen LogP contribution is 2.35. The van der Waals surface area contributed by atoms with E-state index in [0.717, 1.165) is 29.7 Å². The number of aromatic nitrogens is 2. The van der Waals surface area contributed by atoms with Crippen LogP contribution in [-0.2, 0) is 24.2 Å². The van der Waals surface area contributed by atoms with Crippen molar-refractivity contribution in [3.05, 3.63) is 26.6 Å². The van der Waals surface area contributed by atoms with Crippen LogP contribution in [0.25, 0.3) is 10.2 Å². The van der Waals surface area contributed by atoms with Gasteiger partial charge in [0, 0.05) is 4.88 Å². The van der Waals surface area contributed by atoms with Crippen molar-refractivity contribution < 1.29 is 9.90 Å². The molecule has 0 bridgehead atoms. The number of fused-ring (bicyclic) bond motifs is 3. The lowest BCUT2D eigenvalue weighted by Crippen LogP contribution is -2.34. The number of aryl methyl sites for hydroxylation is 2. The number of nitrogens with zero attached hydrogens (tertiary/aromatic N) is 2. The molecule has 0 aromatic carbocycles. The maximum Gasteiger partial charge on any atom is 0.262 e. The molecule has 3 rings (SSSR count). The molecule has 106 valence electrons. The van der Waals surface area contributed by atoms with Gasteiger partial charge < -0.3 is 9.90 Å². The fourth-order valence-corrected chi connectivity index (χ4v) is 4.26. The number of rotatable bonds is 2. The Hall–Kier alpha value is -1.69. The molecule has 0 saturated heterocycles. The zero-order valence-corrected chi connectivity index (χ0v) is 12.2. The molecule has 0 unspecified atom stereocenters. The van der Waals surface area contributed by atoms with Crippen LogP contribution in [0.3, 0.4) is 0 Å². The quantitative estimate of drug-likeness (QED) is 0.814. The normalized spacial score (nSPS) is 18.2. The zero-order valence-electron chi connectivity index (χ0n) is 11.4. The summed E-state index contributed by atoms with van der Waals surface area (Å²) in [6.07, 6.45) is 2.92. The minimum absolute atomic E-state index is 0.247. The van der Waals surface area contributed by atoms with E-state index in [0.29, 0.717) is 17.1 Å². The minimum Gasteiger partial charge on any atom is -0.548 e. The summed E-state index contributed by atoms with van der Waals surface area (Å²) >= 11 is 1.57. The molecule has 0 aliphatic heterocycles. The van der Waals surface area contributed by atoms with Crippen LogP contribution in [0, 0.1) is 12.8 Å². The molecular weight excluding hydrogens is 276 g/mol. The highest BCUT2D eigenvalue weighted by Gasteiger charge is 2.23. The predicted octanol–water partition coefficient (Wildman–Crippen LogP) is 0.641. The first-order valence-corrected chi connectivity index (χ1v) is 7.50. The molecule has 1 atom stereocenters. The molecule has 1 aliphatic rings. The van der Waals surface area contributed by atoms with Crippen molar-refractivity contribution in [2.45, 2.75) is 39.7 Å². The van der Waals surface area contributed by atoms with E-state index in [1.807, 2.05) is 0 Å². The fourth-order valence-electron chi connectivity index (χ4n) is 2.84. The summed E-state index contributed by atoms with van der Waals surface area (Å²) < 4.78 is 1.20. The van der Waals surface area contributed by atoms with Crippen molar-refractivity contribution in [1.29, 1.82) is 0 Å². The summed E-state index contributed by atoms with van der Waals surface area (Å²) in [6, 6.07) is 0. The summed E-state index contributed by atoms with van der Waals surface area (Å²) in [5.41, 5.74) is 0.830. The van der Waals surface area contributed by atoms with E-state index < -0.39 is 12.5 Å². The highest BCUT2D eigenvalue weighted by molar-refractivity contribution is 7.18. The maximum atomic E-state index is 12.5. The number of thiophene rings is 1. The molecule has 1 aliphatic carbocycles. The summed E-state index contributed by atoms with van der Waals surface area (Å²) in [4.78, 5) is 29.7. The second kappa shape index (κ2) is 4.70. The molecule has 6 heteroatoms. The van der Waals surface area contributed by atoms with Crippen LogP contribution in [0.5, 0.6) is 0 Å². The van der Waals surface area contributed by atoms with Gasteiger partial charge in [0.15, 0.2) is 0 Å². The second-order valence-electron chi connectivity index (χ2n) is 5.45. The minimum atomic E-state index is -1.27. The number of hydrogen-bond donors (Lipinski definition) is 0. The van der Waals surface area contributed by atoms with Crippen LogP contribution in [0.15, 0.2) is 4.79 Å². The summed E-state index contributed by atoms with van der Waals surface area (Å²) in [7, 11) is 0. The van der Waals surface area contributed by atoms with Gasteiger partial charge in [-0.2, -0.15) is 0 Å². The Morgan fingerprint density at radius 3 is 3.00 bits per heavy atom. The average Bonchev–Trinajstić information content (AvgIpc) is 2.71. The Morgan fingerprint density at radius 1 is 1.55 bits per heavy atom. The highest BCUT2D eigenvalue weighted by atomic mass is 32.1. The molecular formula is C14H15N2O3S-. The summed E-state index contributed by atoms with van der Waals surface area (Å²) in [6.45, 7) is 3.43. The van der Waals surface area contributed by atoms with E-state index in [4.69, 9.17) is 0 Å². The molecule has 0 spiro atoms. The molecule has 0 fully saturated rings. The standard InChI is InChI=1S/C14H16N2O3S/c1-7-3-4-9-10(5-7)20-13-12(9)14(19)16(6-11(17)18)8(2)15-13/h7H,3-6H2,1-2H3,(H,17,18)/p-1/t7-/m0/s1. The molecule has 2 heterocycles. The number of carboxylic acids is 1. The van der Waals surface area contributed by atoms with Gasteiger partial charge in [-0.25, -0.2) is 4.98 Å². The van der Waals surface area contributed by atoms with E-state index in [1.165, 1.54) is 9.44 Å². The first-order valence-electron chi connectivity index (χ1n) is 6.69. The SMILES string of the molecule is Cc1nc2sc3c(c2c(=O)n1CC(=O)[O-])CC[C@H](C)C3. The monoisotopic (exact) mass is 291 g/mol. The second-order valence-corrected chi connectivity index (χ2v) is 6.54. The lowest BCUT2D eigenvalue weighted by atomic mass is 9.89. The van der Waals surface area contributed by atoms with E-state index in [-0.39, 0.29) is 5.56 Å². The van der Waals surface area contributed by atoms with E-state index >= 15 is 0 Å². The van der Waals surface area contributed by atoms with Crippen LogP contribution >= 0.6 is 11.3 Å². The van der Waals surface area contributed by atoms with Gasteiger partial charge in [-0.05, 0) is 37.7 Å². The first-order chi connectivity index (χ1) is 9.47. The third-order valence-corrected chi connectivity index (χ3v) is 5.04. The summed E-state index contributed by atoms with van der Waals surface area (Å²) in [5.74, 6) is -0.213. The Kier molecular flexibility index (Phi) is 3.12. The van der Waals surface area contributed by atoms with Crippen molar-refractivity contribution in [3.8, 4) is 0 Å². The molecule has 2 aromatic heterocycles. The van der Waals surface area contributed by atoms with Gasteiger partial charge in [0.05, 0.1) is 17.9 Å². The van der Waals surface area contributed by atoms with Gasteiger partial charge >= 0.3 is 0 Å². The first kappa shape index (κ1) is 13.3. The smallest absolute Gasteiger partial charge is 0.262 e. The predicted molar refractivity (Wildman–Crippen MR) is 74.8 cm³/mol. The number of carbonyl (C=O) groups is 1. The van der Waals surface area contributed by atoms with Crippen LogP contribution < -0.4 is 10.7 Å². The van der Waals surface area contributed by atoms with Crippen LogP contribution in [0.4, 0.5) is 0 Å². The summed E-state index contributed by atoms with van der Waals surface area (Å²) in [5, 5.41) is 11.4. The van der Waals surface area contributed by atoms with Crippen LogP contribution in [0.1, 0.15) is 29.6 Å². The van der Waals surface area contributed by atoms with Crippen LogP contribution in [-0.4, -0.2) is 15.5 Å². The molecule has 20 heavy (non-hydrogen) atoms. The van der Waals surface area contributed by atoms with Gasteiger partial charge in [-0.3, -0.25) is 9.36 Å². The molecule has 5 nitrogen and oxygen atoms in total. The van der Waals surface area contributed by atoms with Gasteiger partial charge in [-0.15, -0.1) is 11.3 Å². The number of carbonyl (C=O) groups excluding carboxylic acids is 1. The Morgan fingerprint density at radius 2 is 2.30 bits per heavy atom. The lowest BCUT2D eigenvalue weighted by molar-refractivity contribution is -0.306. The van der Waals surface area contributed by atoms with E-state index in [2.05, 4.69) is 11.9 Å². The Labute approximate surface area is 119 Å². The maximum absolute atomic E-state index is 12.5. The average molecular weight is 291 g/mol. The van der Waals surface area contributed by atoms with Crippen molar-refractivity contribution >= 4 is 27.5 Å². The Bertz CT molecular complexity index is 760. The molecule has 2 aromatic rings. The van der Waals surface area contributed by atoms with E-state index in [1.54, 1.807) is 18.3 Å². The molecule has 0 amide bonds. The fraction of sp³-hybridized carbons (Fsp3) is 0.500. The third kappa shape index (κ3) is 2.04. The van der Waals surface area contributed by atoms with Gasteiger partial charge in [0.25, 0.3) is 5.56 Å². The van der Waals surface area contributed by atoms with Crippen molar-refractivity contribution in [2.24, 2.45) is 5.92 Å². The molecule has 0 N–H and O–H groups in total. The topological polar surface area (TPSA) is 75.0 Å². The van der Waals surface area contributed by atoms with Gasteiger partial charge in [0.2, 0.25) is 0 Å². The largest absolute Gasteiger partial charge is 0.548 e. The zero-order chi connectivity index (χ0) is 14.4. The lowest BCUT2D eigenvalue weighted by Gasteiger charge is -2.17. The number of hydrogen-bond acceptors (Lipinski definition) is 5. The van der Waals surface area contributed by atoms with E-state index in [9.17, 15) is 14.7 Å². The van der Waals surface area contributed by atoms with Crippen molar-refractivity contribution in [3.63, 3.8) is 0 Å². The van der Waals surface area contributed by atoms with Gasteiger partial charge in [-0.1, -0.05) is 6.92 Å². The molecule has 0 saturated carbocycles. The molecule has 0 radical (unpaired) electrons. The van der Waals surface area contributed by atoms with Crippen molar-refractivity contribution in [2.75, 3.05) is 0 Å². The third-order valence-electron chi connectivity index (χ3n) is 3.89. The number of carboxylic acid groups (broad SMARTS) is 1. The van der Waals surface area contributed by atoms with Gasteiger partial charge in [0.1, 0.15) is 10.7 Å².